The molecule has 1 saturated heterocycles. The number of piperazine rings is 1. The van der Waals surface area contributed by atoms with Crippen molar-refractivity contribution in [3.05, 3.63) is 54.1 Å². The van der Waals surface area contributed by atoms with Crippen LogP contribution in [-0.4, -0.2) is 49.7 Å². The average molecular weight is 434 g/mol. The third-order valence-electron chi connectivity index (χ3n) is 5.58. The Morgan fingerprint density at radius 1 is 0.931 bits per heavy atom. The highest BCUT2D eigenvalue weighted by Crippen LogP contribution is 2.32. The molecule has 4 rings (SSSR count). The molecule has 3 aromatic rings. The first-order valence-corrected chi connectivity index (χ1v) is 9.71. The smallest absolute Gasteiger partial charge is 0.137 e. The van der Waals surface area contributed by atoms with Gasteiger partial charge in [0.05, 0.1) is 12.8 Å². The number of ether oxygens (including phenoxy) is 1. The maximum absolute atomic E-state index is 5.30. The van der Waals surface area contributed by atoms with Gasteiger partial charge in [0.2, 0.25) is 0 Å². The van der Waals surface area contributed by atoms with Gasteiger partial charge in [-0.3, -0.25) is 0 Å². The van der Waals surface area contributed by atoms with E-state index in [4.69, 9.17) is 9.72 Å². The molecule has 0 unspecified atom stereocenters. The molecule has 0 N–H and O–H groups in total. The van der Waals surface area contributed by atoms with Crippen LogP contribution in [0.5, 0.6) is 5.75 Å². The Morgan fingerprint density at radius 2 is 1.62 bits per heavy atom. The molecule has 2 heterocycles. The zero-order chi connectivity index (χ0) is 18.8. The molecule has 0 saturated carbocycles. The van der Waals surface area contributed by atoms with Crippen LogP contribution in [0, 0.1) is 6.92 Å². The molecule has 6 heteroatoms. The Morgan fingerprint density at radius 3 is 2.24 bits per heavy atom. The van der Waals surface area contributed by atoms with E-state index in [1.165, 1.54) is 16.3 Å². The number of likely N-dealkylation sites (N-methyl/N-ethyl adjacent to an activating group) is 1. The lowest BCUT2D eigenvalue weighted by atomic mass is 10.0. The SMILES string of the molecule is CCN1CCN(c2nc(-c3ccc(OC)cc3)cc3c(C)cccc23)CC1.Cl.Cl. The standard InChI is InChI=1S/C23H27N3O.2ClH/c1-4-25-12-14-26(15-13-25)23-20-7-5-6-17(2)21(20)16-22(24-23)18-8-10-19(27-3)11-9-18;;/h5-11,16H,4,12-15H2,1-3H3;2*1H. The zero-order valence-electron chi connectivity index (χ0n) is 17.2. The number of anilines is 1. The number of hydrogen-bond acceptors (Lipinski definition) is 4. The van der Waals surface area contributed by atoms with Crippen LogP contribution in [0.4, 0.5) is 5.82 Å². The molecule has 1 aliphatic heterocycles. The largest absolute Gasteiger partial charge is 0.497 e. The van der Waals surface area contributed by atoms with Crippen LogP contribution < -0.4 is 9.64 Å². The van der Waals surface area contributed by atoms with Gasteiger partial charge in [-0.2, -0.15) is 0 Å². The van der Waals surface area contributed by atoms with Crippen LogP contribution in [0.25, 0.3) is 22.0 Å². The van der Waals surface area contributed by atoms with E-state index in [-0.39, 0.29) is 24.8 Å². The van der Waals surface area contributed by atoms with E-state index in [2.05, 4.69) is 60.0 Å². The van der Waals surface area contributed by atoms with E-state index in [0.29, 0.717) is 0 Å². The normalized spacial score (nSPS) is 14.2. The predicted molar refractivity (Wildman–Crippen MR) is 127 cm³/mol. The van der Waals surface area contributed by atoms with Gasteiger partial charge in [0.25, 0.3) is 0 Å². The summed E-state index contributed by atoms with van der Waals surface area (Å²) >= 11 is 0. The summed E-state index contributed by atoms with van der Waals surface area (Å²) in [6, 6.07) is 16.9. The van der Waals surface area contributed by atoms with Gasteiger partial charge in [-0.1, -0.05) is 25.1 Å². The fourth-order valence-electron chi connectivity index (χ4n) is 3.84. The highest BCUT2D eigenvalue weighted by molar-refractivity contribution is 5.97. The molecule has 0 radical (unpaired) electrons. The summed E-state index contributed by atoms with van der Waals surface area (Å²) in [6.07, 6.45) is 0. The Bertz CT molecular complexity index is 939. The van der Waals surface area contributed by atoms with Gasteiger partial charge >= 0.3 is 0 Å². The second-order valence-electron chi connectivity index (χ2n) is 7.15. The number of fused-ring (bicyclic) bond motifs is 1. The summed E-state index contributed by atoms with van der Waals surface area (Å²) in [4.78, 5) is 10.1. The number of aryl methyl sites for hydroxylation is 1. The molecule has 1 aliphatic rings. The highest BCUT2D eigenvalue weighted by atomic mass is 35.5. The summed E-state index contributed by atoms with van der Waals surface area (Å²) in [5.41, 5.74) is 3.43. The van der Waals surface area contributed by atoms with E-state index in [0.717, 1.165) is 55.5 Å². The molecular formula is C23H29Cl2N3O. The van der Waals surface area contributed by atoms with E-state index in [1.807, 2.05) is 12.1 Å². The number of nitrogens with zero attached hydrogens (tertiary/aromatic N) is 3. The number of aromatic nitrogens is 1. The van der Waals surface area contributed by atoms with Gasteiger partial charge in [-0.15, -0.1) is 24.8 Å². The summed E-state index contributed by atoms with van der Waals surface area (Å²) in [7, 11) is 1.70. The third-order valence-corrected chi connectivity index (χ3v) is 5.58. The van der Waals surface area contributed by atoms with Gasteiger partial charge in [-0.05, 0) is 54.8 Å². The molecular weight excluding hydrogens is 405 g/mol. The first-order chi connectivity index (χ1) is 13.2. The Labute approximate surface area is 185 Å². The summed E-state index contributed by atoms with van der Waals surface area (Å²) in [5, 5.41) is 2.53. The van der Waals surface area contributed by atoms with Gasteiger partial charge in [0, 0.05) is 37.1 Å². The molecule has 0 atom stereocenters. The third kappa shape index (κ3) is 4.77. The van der Waals surface area contributed by atoms with Gasteiger partial charge in [0.15, 0.2) is 0 Å². The van der Waals surface area contributed by atoms with E-state index < -0.39 is 0 Å². The lowest BCUT2D eigenvalue weighted by molar-refractivity contribution is 0.271. The second kappa shape index (κ2) is 10.1. The maximum Gasteiger partial charge on any atom is 0.137 e. The molecule has 1 fully saturated rings. The maximum atomic E-state index is 5.30. The van der Waals surface area contributed by atoms with Crippen molar-refractivity contribution in [2.24, 2.45) is 0 Å². The molecule has 2 aromatic carbocycles. The Hall–Kier alpha value is -2.01. The van der Waals surface area contributed by atoms with Crippen LogP contribution in [0.1, 0.15) is 12.5 Å². The van der Waals surface area contributed by atoms with Crippen LogP contribution in [-0.2, 0) is 0 Å². The zero-order valence-corrected chi connectivity index (χ0v) is 18.9. The van der Waals surface area contributed by atoms with Crippen molar-refractivity contribution >= 4 is 41.4 Å². The van der Waals surface area contributed by atoms with Crippen molar-refractivity contribution in [1.29, 1.82) is 0 Å². The molecule has 156 valence electrons. The minimum absolute atomic E-state index is 0. The van der Waals surface area contributed by atoms with E-state index in [1.54, 1.807) is 7.11 Å². The first-order valence-electron chi connectivity index (χ1n) is 9.71. The summed E-state index contributed by atoms with van der Waals surface area (Å²) in [6.45, 7) is 9.77. The average Bonchev–Trinajstić information content (AvgIpc) is 2.73. The Kier molecular flexibility index (Phi) is 8.14. The van der Waals surface area contributed by atoms with Crippen LogP contribution in [0.2, 0.25) is 0 Å². The molecule has 0 bridgehead atoms. The van der Waals surface area contributed by atoms with Crippen LogP contribution >= 0.6 is 24.8 Å². The first kappa shape index (κ1) is 23.3. The van der Waals surface area contributed by atoms with Crippen molar-refractivity contribution < 1.29 is 4.74 Å². The molecule has 0 aliphatic carbocycles. The predicted octanol–water partition coefficient (Wildman–Crippen LogP) is 5.20. The van der Waals surface area contributed by atoms with Crippen molar-refractivity contribution in [2.45, 2.75) is 13.8 Å². The highest BCUT2D eigenvalue weighted by Gasteiger charge is 2.20. The van der Waals surface area contributed by atoms with Crippen molar-refractivity contribution in [1.82, 2.24) is 9.88 Å². The lowest BCUT2D eigenvalue weighted by Gasteiger charge is -2.35. The van der Waals surface area contributed by atoms with Crippen molar-refractivity contribution in [3.63, 3.8) is 0 Å². The van der Waals surface area contributed by atoms with Crippen molar-refractivity contribution in [3.8, 4) is 17.0 Å². The fourth-order valence-corrected chi connectivity index (χ4v) is 3.84. The Balaban J connectivity index is 0.00000150. The van der Waals surface area contributed by atoms with Gasteiger partial charge in [0.1, 0.15) is 11.6 Å². The van der Waals surface area contributed by atoms with Crippen LogP contribution in [0.15, 0.2) is 48.5 Å². The molecule has 0 amide bonds. The second-order valence-corrected chi connectivity index (χ2v) is 7.15. The van der Waals surface area contributed by atoms with E-state index >= 15 is 0 Å². The number of hydrogen-bond donors (Lipinski definition) is 0. The minimum Gasteiger partial charge on any atom is -0.497 e. The van der Waals surface area contributed by atoms with Crippen LogP contribution in [0.3, 0.4) is 0 Å². The molecule has 1 aromatic heterocycles. The molecule has 4 nitrogen and oxygen atoms in total. The fraction of sp³-hybridized carbons (Fsp3) is 0.348. The topological polar surface area (TPSA) is 28.6 Å². The summed E-state index contributed by atoms with van der Waals surface area (Å²) < 4.78 is 5.30. The number of halogens is 2. The minimum atomic E-state index is 0. The van der Waals surface area contributed by atoms with Gasteiger partial charge in [-0.25, -0.2) is 4.98 Å². The molecule has 29 heavy (non-hydrogen) atoms. The van der Waals surface area contributed by atoms with E-state index in [9.17, 15) is 0 Å². The summed E-state index contributed by atoms with van der Waals surface area (Å²) in [5.74, 6) is 1.98. The number of rotatable bonds is 4. The lowest BCUT2D eigenvalue weighted by Crippen LogP contribution is -2.46. The molecule has 0 spiro atoms. The number of methoxy groups -OCH3 is 1. The number of benzene rings is 2. The van der Waals surface area contributed by atoms with Gasteiger partial charge < -0.3 is 14.5 Å². The van der Waals surface area contributed by atoms with Crippen molar-refractivity contribution in [2.75, 3.05) is 44.7 Å². The monoisotopic (exact) mass is 433 g/mol. The quantitative estimate of drug-likeness (QED) is 0.564. The number of pyridine rings is 1.